The van der Waals surface area contributed by atoms with E-state index in [1.165, 1.54) is 35.0 Å². The Morgan fingerprint density at radius 2 is 2.13 bits per heavy atom. The van der Waals surface area contributed by atoms with Gasteiger partial charge in [0.15, 0.2) is 0 Å². The molecule has 1 aliphatic rings. The highest BCUT2D eigenvalue weighted by atomic mass is 79.9. The quantitative estimate of drug-likeness (QED) is 0.859. The van der Waals surface area contributed by atoms with Gasteiger partial charge in [0.1, 0.15) is 0 Å². The van der Waals surface area contributed by atoms with Crippen molar-refractivity contribution in [2.24, 2.45) is 5.73 Å². The number of hydrogen-bond donors (Lipinski definition) is 2. The maximum absolute atomic E-state index is 5.66. The highest BCUT2D eigenvalue weighted by Gasteiger charge is 2.25. The van der Waals surface area contributed by atoms with Crippen molar-refractivity contribution in [3.8, 4) is 0 Å². The van der Waals surface area contributed by atoms with Gasteiger partial charge in [-0.25, -0.2) is 0 Å². The molecule has 1 saturated carbocycles. The molecule has 1 aromatic heterocycles. The third-order valence-electron chi connectivity index (χ3n) is 3.01. The number of nitrogens with two attached hydrogens (primary N) is 1. The predicted octanol–water partition coefficient (Wildman–Crippen LogP) is 3.27. The molecule has 0 bridgehead atoms. The van der Waals surface area contributed by atoms with Crippen LogP contribution in [0.5, 0.6) is 0 Å². The van der Waals surface area contributed by atoms with Crippen LogP contribution in [0.25, 0.3) is 10.9 Å². The van der Waals surface area contributed by atoms with E-state index < -0.39 is 0 Å². The molecule has 1 heterocycles. The second-order valence-corrected chi connectivity index (χ2v) is 5.10. The SMILES string of the molecule is NCc1cc(Br)c2[nH]c(C3CC3)cc2c1. The summed E-state index contributed by atoms with van der Waals surface area (Å²) < 4.78 is 1.12. The summed E-state index contributed by atoms with van der Waals surface area (Å²) in [5.74, 6) is 0.769. The van der Waals surface area contributed by atoms with Gasteiger partial charge >= 0.3 is 0 Å². The first kappa shape index (κ1) is 9.43. The third kappa shape index (κ3) is 1.60. The molecule has 2 nitrogen and oxygen atoms in total. The molecule has 15 heavy (non-hydrogen) atoms. The van der Waals surface area contributed by atoms with Gasteiger partial charge in [-0.05, 0) is 58.5 Å². The Balaban J connectivity index is 2.19. The van der Waals surface area contributed by atoms with Gasteiger partial charge in [-0.1, -0.05) is 0 Å². The van der Waals surface area contributed by atoms with Gasteiger partial charge < -0.3 is 10.7 Å². The Kier molecular flexibility index (Phi) is 2.11. The van der Waals surface area contributed by atoms with Crippen molar-refractivity contribution in [3.05, 3.63) is 33.9 Å². The fraction of sp³-hybridized carbons (Fsp3) is 0.333. The maximum Gasteiger partial charge on any atom is 0.0600 e. The predicted molar refractivity (Wildman–Crippen MR) is 65.9 cm³/mol. The van der Waals surface area contributed by atoms with Gasteiger partial charge in [-0.3, -0.25) is 0 Å². The van der Waals surface area contributed by atoms with Crippen LogP contribution in [-0.2, 0) is 6.54 Å². The van der Waals surface area contributed by atoms with Crippen LogP contribution in [0.4, 0.5) is 0 Å². The van der Waals surface area contributed by atoms with Crippen LogP contribution < -0.4 is 5.73 Å². The van der Waals surface area contributed by atoms with E-state index in [9.17, 15) is 0 Å². The number of hydrogen-bond acceptors (Lipinski definition) is 1. The van der Waals surface area contributed by atoms with Gasteiger partial charge in [0, 0.05) is 22.1 Å². The lowest BCUT2D eigenvalue weighted by Gasteiger charge is -1.99. The van der Waals surface area contributed by atoms with E-state index in [0.717, 1.165) is 10.4 Å². The summed E-state index contributed by atoms with van der Waals surface area (Å²) in [5.41, 5.74) is 9.41. The average Bonchev–Trinajstić information content (AvgIpc) is 2.98. The minimum Gasteiger partial charge on any atom is -0.357 e. The number of aromatic amines is 1. The third-order valence-corrected chi connectivity index (χ3v) is 3.64. The van der Waals surface area contributed by atoms with Crippen molar-refractivity contribution in [2.45, 2.75) is 25.3 Å². The lowest BCUT2D eigenvalue weighted by Crippen LogP contribution is -1.95. The van der Waals surface area contributed by atoms with Gasteiger partial charge in [-0.2, -0.15) is 0 Å². The van der Waals surface area contributed by atoms with Crippen molar-refractivity contribution in [1.82, 2.24) is 4.98 Å². The van der Waals surface area contributed by atoms with Gasteiger partial charge in [0.2, 0.25) is 0 Å². The summed E-state index contributed by atoms with van der Waals surface area (Å²) in [6.45, 7) is 0.596. The molecule has 0 unspecified atom stereocenters. The Labute approximate surface area is 97.0 Å². The van der Waals surface area contributed by atoms with E-state index in [1.54, 1.807) is 0 Å². The van der Waals surface area contributed by atoms with Crippen LogP contribution in [0, 0.1) is 0 Å². The summed E-state index contributed by atoms with van der Waals surface area (Å²) >= 11 is 3.58. The highest BCUT2D eigenvalue weighted by Crippen LogP contribution is 2.41. The molecule has 78 valence electrons. The lowest BCUT2D eigenvalue weighted by molar-refractivity contribution is 1.06. The first-order valence-electron chi connectivity index (χ1n) is 5.29. The Morgan fingerprint density at radius 1 is 1.33 bits per heavy atom. The van der Waals surface area contributed by atoms with Crippen LogP contribution in [-0.4, -0.2) is 4.98 Å². The molecule has 0 saturated heterocycles. The normalized spacial score (nSPS) is 16.1. The van der Waals surface area contributed by atoms with Crippen molar-refractivity contribution in [3.63, 3.8) is 0 Å². The van der Waals surface area contributed by atoms with Crippen molar-refractivity contribution < 1.29 is 0 Å². The van der Waals surface area contributed by atoms with Gasteiger partial charge in [-0.15, -0.1) is 0 Å². The molecule has 1 fully saturated rings. The van der Waals surface area contributed by atoms with Crippen LogP contribution in [0.2, 0.25) is 0 Å². The second kappa shape index (κ2) is 3.35. The summed E-state index contributed by atoms with van der Waals surface area (Å²) in [6.07, 6.45) is 2.66. The van der Waals surface area contributed by atoms with Crippen LogP contribution in [0.3, 0.4) is 0 Å². The van der Waals surface area contributed by atoms with Crippen molar-refractivity contribution >= 4 is 26.8 Å². The molecule has 1 aliphatic carbocycles. The molecule has 2 aromatic rings. The van der Waals surface area contributed by atoms with E-state index in [1.807, 2.05) is 0 Å². The average molecular weight is 265 g/mol. The first-order chi connectivity index (χ1) is 7.28. The first-order valence-corrected chi connectivity index (χ1v) is 6.08. The number of nitrogens with one attached hydrogen (secondary N) is 1. The number of rotatable bonds is 2. The summed E-state index contributed by atoms with van der Waals surface area (Å²) in [7, 11) is 0. The molecule has 1 aromatic carbocycles. The number of fused-ring (bicyclic) bond motifs is 1. The molecule has 3 heteroatoms. The van der Waals surface area contributed by atoms with Crippen LogP contribution >= 0.6 is 15.9 Å². The number of H-pyrrole nitrogens is 1. The smallest absolute Gasteiger partial charge is 0.0600 e. The largest absolute Gasteiger partial charge is 0.357 e. The molecule has 0 atom stereocenters. The minimum absolute atomic E-state index is 0.596. The van der Waals surface area contributed by atoms with Crippen molar-refractivity contribution in [1.29, 1.82) is 0 Å². The van der Waals surface area contributed by atoms with Gasteiger partial charge in [0.25, 0.3) is 0 Å². The van der Waals surface area contributed by atoms with E-state index >= 15 is 0 Å². The Hall–Kier alpha value is -0.800. The lowest BCUT2D eigenvalue weighted by atomic mass is 10.1. The molecular formula is C12H13BrN2. The molecule has 3 N–H and O–H groups in total. The molecule has 0 spiro atoms. The number of halogens is 1. The molecule has 0 radical (unpaired) electrons. The molecule has 0 aliphatic heterocycles. The van der Waals surface area contributed by atoms with E-state index in [2.05, 4.69) is 39.1 Å². The fourth-order valence-corrected chi connectivity index (χ4v) is 2.63. The molecule has 0 amide bonds. The zero-order valence-corrected chi connectivity index (χ0v) is 9.97. The van der Waals surface area contributed by atoms with Crippen LogP contribution in [0.1, 0.15) is 30.0 Å². The topological polar surface area (TPSA) is 41.8 Å². The van der Waals surface area contributed by atoms with Crippen LogP contribution in [0.15, 0.2) is 22.7 Å². The number of aromatic nitrogens is 1. The highest BCUT2D eigenvalue weighted by molar-refractivity contribution is 9.10. The summed E-state index contributed by atoms with van der Waals surface area (Å²) in [4.78, 5) is 3.49. The zero-order chi connectivity index (χ0) is 10.4. The van der Waals surface area contributed by atoms with E-state index in [4.69, 9.17) is 5.73 Å². The maximum atomic E-state index is 5.66. The second-order valence-electron chi connectivity index (χ2n) is 4.24. The molecular weight excluding hydrogens is 252 g/mol. The van der Waals surface area contributed by atoms with Crippen molar-refractivity contribution in [2.75, 3.05) is 0 Å². The minimum atomic E-state index is 0.596. The fourth-order valence-electron chi connectivity index (χ4n) is 2.01. The molecule has 3 rings (SSSR count). The van der Waals surface area contributed by atoms with Gasteiger partial charge in [0.05, 0.1) is 5.52 Å². The zero-order valence-electron chi connectivity index (χ0n) is 8.39. The number of benzene rings is 1. The Bertz CT molecular complexity index is 512. The van der Waals surface area contributed by atoms with E-state index in [0.29, 0.717) is 6.54 Å². The van der Waals surface area contributed by atoms with E-state index in [-0.39, 0.29) is 0 Å². The summed E-state index contributed by atoms with van der Waals surface area (Å²) in [6, 6.07) is 6.52. The summed E-state index contributed by atoms with van der Waals surface area (Å²) in [5, 5.41) is 1.27. The monoisotopic (exact) mass is 264 g/mol. The standard InChI is InChI=1S/C12H13BrN2/c13-10-4-7(6-14)3-9-5-11(8-1-2-8)15-12(9)10/h3-5,8,15H,1-2,6,14H2. The Morgan fingerprint density at radius 3 is 2.80 bits per heavy atom.